The van der Waals surface area contributed by atoms with Crippen LogP contribution in [0.1, 0.15) is 56.0 Å². The number of aromatic nitrogens is 1. The van der Waals surface area contributed by atoms with Crippen LogP contribution in [0.4, 0.5) is 0 Å². The summed E-state index contributed by atoms with van der Waals surface area (Å²) < 4.78 is 6.92. The standard InChI is InChI=1S/C24H26N2OS/c1-2-3-4-5-6-9-16-27-21-14-12-19(13-15-21)17-20(18-25)24-26-22-10-7-8-11-23(22)28-24/h7-8,10-15,17H,2-6,9,16H2,1H3/b20-17+. The lowest BCUT2D eigenvalue weighted by Crippen LogP contribution is -1.97. The van der Waals surface area contributed by atoms with E-state index in [1.165, 1.54) is 32.1 Å². The van der Waals surface area contributed by atoms with Gasteiger partial charge in [0.25, 0.3) is 0 Å². The smallest absolute Gasteiger partial charge is 0.135 e. The molecule has 0 radical (unpaired) electrons. The zero-order valence-electron chi connectivity index (χ0n) is 16.4. The average Bonchev–Trinajstić information content (AvgIpc) is 3.16. The number of rotatable bonds is 10. The minimum atomic E-state index is 0.585. The highest BCUT2D eigenvalue weighted by Gasteiger charge is 2.08. The van der Waals surface area contributed by atoms with E-state index in [0.29, 0.717) is 5.57 Å². The molecule has 3 nitrogen and oxygen atoms in total. The van der Waals surface area contributed by atoms with E-state index in [1.54, 1.807) is 11.3 Å². The minimum Gasteiger partial charge on any atom is -0.494 e. The van der Waals surface area contributed by atoms with Crippen LogP contribution in [0.5, 0.6) is 5.75 Å². The Labute approximate surface area is 171 Å². The van der Waals surface area contributed by atoms with E-state index in [0.717, 1.165) is 39.6 Å². The molecule has 0 aliphatic heterocycles. The molecule has 0 aliphatic rings. The van der Waals surface area contributed by atoms with E-state index in [4.69, 9.17) is 4.74 Å². The maximum absolute atomic E-state index is 9.56. The van der Waals surface area contributed by atoms with Gasteiger partial charge in [-0.05, 0) is 42.3 Å². The molecule has 0 fully saturated rings. The summed E-state index contributed by atoms with van der Waals surface area (Å²) in [7, 11) is 0. The van der Waals surface area contributed by atoms with E-state index in [-0.39, 0.29) is 0 Å². The number of nitrogens with zero attached hydrogens (tertiary/aromatic N) is 2. The molecular formula is C24H26N2OS. The maximum Gasteiger partial charge on any atom is 0.135 e. The molecule has 1 heterocycles. The highest BCUT2D eigenvalue weighted by molar-refractivity contribution is 7.19. The lowest BCUT2D eigenvalue weighted by molar-refractivity contribution is 0.304. The molecule has 0 amide bonds. The highest BCUT2D eigenvalue weighted by Crippen LogP contribution is 2.28. The van der Waals surface area contributed by atoms with Crippen LogP contribution in [-0.4, -0.2) is 11.6 Å². The van der Waals surface area contributed by atoms with Crippen molar-refractivity contribution in [2.45, 2.75) is 45.4 Å². The molecule has 4 heteroatoms. The number of allylic oxidation sites excluding steroid dienone is 1. The topological polar surface area (TPSA) is 45.9 Å². The fraction of sp³-hybridized carbons (Fsp3) is 0.333. The van der Waals surface area contributed by atoms with Gasteiger partial charge in [-0.3, -0.25) is 0 Å². The van der Waals surface area contributed by atoms with Crippen molar-refractivity contribution in [3.63, 3.8) is 0 Å². The second-order valence-corrected chi connectivity index (χ2v) is 7.87. The number of thiazole rings is 1. The van der Waals surface area contributed by atoms with Crippen molar-refractivity contribution in [1.82, 2.24) is 4.98 Å². The monoisotopic (exact) mass is 390 g/mol. The first-order valence-corrected chi connectivity index (χ1v) is 10.8. The van der Waals surface area contributed by atoms with Gasteiger partial charge in [0, 0.05) is 0 Å². The second-order valence-electron chi connectivity index (χ2n) is 6.84. The molecule has 3 rings (SSSR count). The molecule has 0 N–H and O–H groups in total. The molecule has 0 saturated heterocycles. The van der Waals surface area contributed by atoms with Gasteiger partial charge < -0.3 is 4.74 Å². The fourth-order valence-electron chi connectivity index (χ4n) is 3.03. The first-order valence-electron chi connectivity index (χ1n) is 10.0. The molecule has 144 valence electrons. The van der Waals surface area contributed by atoms with Gasteiger partial charge in [0.2, 0.25) is 0 Å². The summed E-state index contributed by atoms with van der Waals surface area (Å²) in [6, 6.07) is 18.2. The van der Waals surface area contributed by atoms with E-state index in [1.807, 2.05) is 54.6 Å². The van der Waals surface area contributed by atoms with Crippen molar-refractivity contribution in [2.75, 3.05) is 6.61 Å². The van der Waals surface area contributed by atoms with Crippen LogP contribution in [0, 0.1) is 11.3 Å². The lowest BCUT2D eigenvalue weighted by Gasteiger charge is -2.06. The van der Waals surface area contributed by atoms with Crippen molar-refractivity contribution in [3.05, 3.63) is 59.1 Å². The SMILES string of the molecule is CCCCCCCCOc1ccc(/C=C(\C#N)c2nc3ccccc3s2)cc1. The van der Waals surface area contributed by atoms with Crippen LogP contribution in [0.2, 0.25) is 0 Å². The van der Waals surface area contributed by atoms with E-state index in [9.17, 15) is 5.26 Å². The number of hydrogen-bond acceptors (Lipinski definition) is 4. The van der Waals surface area contributed by atoms with Crippen LogP contribution >= 0.6 is 11.3 Å². The summed E-state index contributed by atoms with van der Waals surface area (Å²) in [5.74, 6) is 0.879. The van der Waals surface area contributed by atoms with Crippen LogP contribution < -0.4 is 4.74 Å². The van der Waals surface area contributed by atoms with Gasteiger partial charge in [-0.1, -0.05) is 63.3 Å². The Bertz CT molecular complexity index is 918. The second kappa shape index (κ2) is 10.6. The highest BCUT2D eigenvalue weighted by atomic mass is 32.1. The molecule has 2 aromatic carbocycles. The van der Waals surface area contributed by atoms with E-state index >= 15 is 0 Å². The molecule has 3 aromatic rings. The first-order chi connectivity index (χ1) is 13.8. The Kier molecular flexibility index (Phi) is 7.63. The van der Waals surface area contributed by atoms with Gasteiger partial charge in [0.05, 0.1) is 22.4 Å². The number of benzene rings is 2. The summed E-state index contributed by atoms with van der Waals surface area (Å²) in [5, 5.41) is 10.3. The average molecular weight is 391 g/mol. The number of fused-ring (bicyclic) bond motifs is 1. The molecule has 0 atom stereocenters. The molecular weight excluding hydrogens is 364 g/mol. The van der Waals surface area contributed by atoms with Crippen LogP contribution in [0.15, 0.2) is 48.5 Å². The summed E-state index contributed by atoms with van der Waals surface area (Å²) in [4.78, 5) is 4.58. The number of nitriles is 1. The summed E-state index contributed by atoms with van der Waals surface area (Å²) in [5.41, 5.74) is 2.49. The molecule has 0 aliphatic carbocycles. The third-order valence-corrected chi connectivity index (χ3v) is 5.67. The van der Waals surface area contributed by atoms with Gasteiger partial charge in [-0.15, -0.1) is 11.3 Å². The maximum atomic E-state index is 9.56. The number of unbranched alkanes of at least 4 members (excludes halogenated alkanes) is 5. The molecule has 0 bridgehead atoms. The van der Waals surface area contributed by atoms with Crippen molar-refractivity contribution >= 4 is 33.2 Å². The number of para-hydroxylation sites is 1. The Balaban J connectivity index is 1.57. The predicted molar refractivity (Wildman–Crippen MR) is 118 cm³/mol. The third kappa shape index (κ3) is 5.68. The zero-order valence-corrected chi connectivity index (χ0v) is 17.2. The summed E-state index contributed by atoms with van der Waals surface area (Å²) in [6.07, 6.45) is 9.45. The molecule has 0 saturated carbocycles. The van der Waals surface area contributed by atoms with Crippen LogP contribution in [0.25, 0.3) is 21.9 Å². The molecule has 28 heavy (non-hydrogen) atoms. The summed E-state index contributed by atoms with van der Waals surface area (Å²) in [6.45, 7) is 3.00. The van der Waals surface area contributed by atoms with E-state index < -0.39 is 0 Å². The minimum absolute atomic E-state index is 0.585. The van der Waals surface area contributed by atoms with Gasteiger partial charge in [-0.2, -0.15) is 5.26 Å². The molecule has 0 unspecified atom stereocenters. The number of hydrogen-bond donors (Lipinski definition) is 0. The van der Waals surface area contributed by atoms with Crippen molar-refractivity contribution in [3.8, 4) is 11.8 Å². The Morgan fingerprint density at radius 3 is 2.54 bits per heavy atom. The molecule has 1 aromatic heterocycles. The Morgan fingerprint density at radius 1 is 1.04 bits per heavy atom. The quantitative estimate of drug-likeness (QED) is 0.274. The van der Waals surface area contributed by atoms with Gasteiger partial charge >= 0.3 is 0 Å². The van der Waals surface area contributed by atoms with E-state index in [2.05, 4.69) is 18.0 Å². The fourth-order valence-corrected chi connectivity index (χ4v) is 3.96. The molecule has 0 spiro atoms. The van der Waals surface area contributed by atoms with Crippen LogP contribution in [0.3, 0.4) is 0 Å². The zero-order chi connectivity index (χ0) is 19.6. The first kappa shape index (κ1) is 20.1. The van der Waals surface area contributed by atoms with Crippen molar-refractivity contribution < 1.29 is 4.74 Å². The van der Waals surface area contributed by atoms with Gasteiger partial charge in [0.15, 0.2) is 0 Å². The van der Waals surface area contributed by atoms with Gasteiger partial charge in [0.1, 0.15) is 16.8 Å². The Morgan fingerprint density at radius 2 is 1.79 bits per heavy atom. The lowest BCUT2D eigenvalue weighted by atomic mass is 10.1. The van der Waals surface area contributed by atoms with Crippen molar-refractivity contribution in [2.24, 2.45) is 0 Å². The van der Waals surface area contributed by atoms with Gasteiger partial charge in [-0.25, -0.2) is 4.98 Å². The normalized spacial score (nSPS) is 11.5. The van der Waals surface area contributed by atoms with Crippen molar-refractivity contribution in [1.29, 1.82) is 5.26 Å². The van der Waals surface area contributed by atoms with Crippen LogP contribution in [-0.2, 0) is 0 Å². The third-order valence-electron chi connectivity index (χ3n) is 4.60. The predicted octanol–water partition coefficient (Wildman–Crippen LogP) is 7.10. The largest absolute Gasteiger partial charge is 0.494 e. The number of ether oxygens (including phenoxy) is 1. The Hall–Kier alpha value is -2.64. The summed E-state index contributed by atoms with van der Waals surface area (Å²) >= 11 is 1.55.